The maximum Gasteiger partial charge on any atom is 0.0922 e. The van der Waals surface area contributed by atoms with Crippen molar-refractivity contribution in [3.05, 3.63) is 72.9 Å². The van der Waals surface area contributed by atoms with Crippen molar-refractivity contribution < 1.29 is 0 Å². The van der Waals surface area contributed by atoms with Crippen LogP contribution in [-0.4, -0.2) is 39.9 Å². The molecule has 4 N–H and O–H groups in total. The summed E-state index contributed by atoms with van der Waals surface area (Å²) in [6.45, 7) is 2.14. The van der Waals surface area contributed by atoms with E-state index in [0.717, 1.165) is 22.8 Å². The van der Waals surface area contributed by atoms with Crippen LogP contribution in [-0.2, 0) is 5.41 Å². The molecule has 4 heterocycles. The first-order chi connectivity index (χ1) is 11.3. The molecule has 8 nitrogen and oxygen atoms in total. The monoisotopic (exact) mass is 308 g/mol. The minimum Gasteiger partial charge on any atom is -0.348 e. The van der Waals surface area contributed by atoms with E-state index >= 15 is 0 Å². The SMILES string of the molecule is CC(c1cnc[nH]1)(c1cnc[nH]1)C(c1cnc[nH]1)c1cnc[nH]1. The fraction of sp³-hybridized carbons (Fsp3) is 0.200. The molecule has 0 amide bonds. The summed E-state index contributed by atoms with van der Waals surface area (Å²) in [4.78, 5) is 29.7. The summed E-state index contributed by atoms with van der Waals surface area (Å²) in [5.74, 6) is -0.0756. The van der Waals surface area contributed by atoms with E-state index in [1.165, 1.54) is 0 Å². The Balaban J connectivity index is 1.97. The van der Waals surface area contributed by atoms with E-state index in [0.29, 0.717) is 0 Å². The maximum absolute atomic E-state index is 4.20. The molecule has 0 aromatic carbocycles. The average Bonchev–Trinajstić information content (AvgIpc) is 3.34. The second-order valence-corrected chi connectivity index (χ2v) is 5.58. The van der Waals surface area contributed by atoms with Crippen LogP contribution in [0.25, 0.3) is 0 Å². The molecule has 0 aliphatic rings. The molecule has 4 rings (SSSR count). The lowest BCUT2D eigenvalue weighted by Gasteiger charge is -2.34. The summed E-state index contributed by atoms with van der Waals surface area (Å²) in [5, 5.41) is 0. The standard InChI is InChI=1S/C15H16N8/c1-15(12-4-18-8-22-12,13-5-19-9-23-13)14(10-2-16-6-20-10)11-3-17-7-21-11/h2-9,14H,1H3,(H,16,20)(H,17,21)(H,18,22)(H,19,23). The average molecular weight is 308 g/mol. The topological polar surface area (TPSA) is 115 Å². The van der Waals surface area contributed by atoms with Crippen LogP contribution in [0.15, 0.2) is 50.1 Å². The Kier molecular flexibility index (Phi) is 3.07. The Bertz CT molecular complexity index is 759. The van der Waals surface area contributed by atoms with Gasteiger partial charge < -0.3 is 19.9 Å². The first-order valence-electron chi connectivity index (χ1n) is 7.24. The smallest absolute Gasteiger partial charge is 0.0922 e. The normalized spacial score (nSPS) is 12.1. The van der Waals surface area contributed by atoms with Crippen molar-refractivity contribution in [2.75, 3.05) is 0 Å². The Labute approximate surface area is 131 Å². The number of aromatic nitrogens is 8. The van der Waals surface area contributed by atoms with Gasteiger partial charge in [-0.3, -0.25) is 0 Å². The number of nitrogens with zero attached hydrogens (tertiary/aromatic N) is 4. The molecule has 0 spiro atoms. The van der Waals surface area contributed by atoms with Gasteiger partial charge in [0.1, 0.15) is 0 Å². The molecular weight excluding hydrogens is 292 g/mol. The predicted molar refractivity (Wildman–Crippen MR) is 82.6 cm³/mol. The van der Waals surface area contributed by atoms with Crippen molar-refractivity contribution in [1.29, 1.82) is 0 Å². The summed E-state index contributed by atoms with van der Waals surface area (Å²) < 4.78 is 0. The third-order valence-corrected chi connectivity index (χ3v) is 4.35. The van der Waals surface area contributed by atoms with Crippen LogP contribution in [0.2, 0.25) is 0 Å². The quantitative estimate of drug-likeness (QED) is 0.449. The molecule has 8 heteroatoms. The number of hydrogen-bond donors (Lipinski definition) is 4. The molecule has 23 heavy (non-hydrogen) atoms. The summed E-state index contributed by atoms with van der Waals surface area (Å²) in [6, 6.07) is 0. The lowest BCUT2D eigenvalue weighted by Crippen LogP contribution is -2.34. The number of hydrogen-bond acceptors (Lipinski definition) is 4. The van der Waals surface area contributed by atoms with Gasteiger partial charge in [0.05, 0.1) is 36.6 Å². The van der Waals surface area contributed by atoms with Crippen molar-refractivity contribution in [1.82, 2.24) is 39.9 Å². The van der Waals surface area contributed by atoms with Gasteiger partial charge in [-0.15, -0.1) is 0 Å². The van der Waals surface area contributed by atoms with E-state index in [9.17, 15) is 0 Å². The van der Waals surface area contributed by atoms with Gasteiger partial charge in [-0.1, -0.05) is 0 Å². The number of imidazole rings is 4. The van der Waals surface area contributed by atoms with Gasteiger partial charge in [-0.2, -0.15) is 0 Å². The van der Waals surface area contributed by atoms with Gasteiger partial charge in [-0.05, 0) is 6.92 Å². The van der Waals surface area contributed by atoms with E-state index in [2.05, 4.69) is 46.8 Å². The highest BCUT2D eigenvalue weighted by atomic mass is 15.0. The zero-order valence-corrected chi connectivity index (χ0v) is 12.5. The van der Waals surface area contributed by atoms with E-state index in [1.807, 2.05) is 24.8 Å². The summed E-state index contributed by atoms with van der Waals surface area (Å²) in [6.07, 6.45) is 14.0. The molecule has 116 valence electrons. The zero-order valence-electron chi connectivity index (χ0n) is 12.5. The molecule has 0 unspecified atom stereocenters. The molecule has 0 saturated heterocycles. The molecule has 0 aliphatic carbocycles. The number of nitrogens with one attached hydrogen (secondary N) is 4. The van der Waals surface area contributed by atoms with Crippen LogP contribution in [0.3, 0.4) is 0 Å². The van der Waals surface area contributed by atoms with Crippen LogP contribution < -0.4 is 0 Å². The Morgan fingerprint density at radius 2 is 1.13 bits per heavy atom. The highest BCUT2D eigenvalue weighted by Gasteiger charge is 2.43. The molecule has 0 atom stereocenters. The highest BCUT2D eigenvalue weighted by molar-refractivity contribution is 5.39. The summed E-state index contributed by atoms with van der Waals surface area (Å²) >= 11 is 0. The van der Waals surface area contributed by atoms with Gasteiger partial charge in [0.25, 0.3) is 0 Å². The van der Waals surface area contributed by atoms with Crippen molar-refractivity contribution in [2.45, 2.75) is 18.3 Å². The summed E-state index contributed by atoms with van der Waals surface area (Å²) in [7, 11) is 0. The Morgan fingerprint density at radius 1 is 0.696 bits per heavy atom. The lowest BCUT2D eigenvalue weighted by atomic mass is 9.69. The van der Waals surface area contributed by atoms with Crippen LogP contribution in [0.1, 0.15) is 35.6 Å². The van der Waals surface area contributed by atoms with E-state index < -0.39 is 5.41 Å². The Hall–Kier alpha value is -3.16. The van der Waals surface area contributed by atoms with Crippen molar-refractivity contribution in [3.8, 4) is 0 Å². The van der Waals surface area contributed by atoms with E-state index in [-0.39, 0.29) is 5.92 Å². The highest BCUT2D eigenvalue weighted by Crippen LogP contribution is 2.45. The third kappa shape index (κ3) is 2.07. The van der Waals surface area contributed by atoms with Crippen LogP contribution >= 0.6 is 0 Å². The van der Waals surface area contributed by atoms with Crippen molar-refractivity contribution in [3.63, 3.8) is 0 Å². The summed E-state index contributed by atoms with van der Waals surface area (Å²) in [5.41, 5.74) is 3.42. The second-order valence-electron chi connectivity index (χ2n) is 5.58. The van der Waals surface area contributed by atoms with Crippen molar-refractivity contribution in [2.24, 2.45) is 0 Å². The van der Waals surface area contributed by atoms with E-state index in [1.54, 1.807) is 25.3 Å². The second kappa shape index (κ2) is 5.24. The molecule has 4 aromatic heterocycles. The molecule has 0 saturated carbocycles. The van der Waals surface area contributed by atoms with Crippen LogP contribution in [0.4, 0.5) is 0 Å². The van der Waals surface area contributed by atoms with Gasteiger partial charge in [0.15, 0.2) is 0 Å². The first-order valence-corrected chi connectivity index (χ1v) is 7.24. The maximum atomic E-state index is 4.20. The van der Waals surface area contributed by atoms with Crippen LogP contribution in [0, 0.1) is 0 Å². The zero-order chi connectivity index (χ0) is 15.7. The molecule has 0 bridgehead atoms. The lowest BCUT2D eigenvalue weighted by molar-refractivity contribution is 0.461. The molecule has 4 aromatic rings. The predicted octanol–water partition coefficient (Wildman–Crippen LogP) is 1.72. The number of rotatable bonds is 5. The minimum atomic E-state index is -0.466. The minimum absolute atomic E-state index is 0.0756. The fourth-order valence-corrected chi connectivity index (χ4v) is 3.17. The first kappa shape index (κ1) is 13.5. The fourth-order valence-electron chi connectivity index (χ4n) is 3.17. The number of H-pyrrole nitrogens is 4. The largest absolute Gasteiger partial charge is 0.348 e. The van der Waals surface area contributed by atoms with Crippen molar-refractivity contribution >= 4 is 0 Å². The van der Waals surface area contributed by atoms with Gasteiger partial charge in [-0.25, -0.2) is 19.9 Å². The number of aromatic amines is 4. The van der Waals surface area contributed by atoms with Crippen LogP contribution in [0.5, 0.6) is 0 Å². The van der Waals surface area contributed by atoms with E-state index in [4.69, 9.17) is 0 Å². The molecular formula is C15H16N8. The molecule has 0 fully saturated rings. The third-order valence-electron chi connectivity index (χ3n) is 4.35. The van der Waals surface area contributed by atoms with Gasteiger partial charge in [0.2, 0.25) is 0 Å². The Morgan fingerprint density at radius 3 is 1.48 bits per heavy atom. The molecule has 0 aliphatic heterocycles. The molecule has 0 radical (unpaired) electrons. The van der Waals surface area contributed by atoms with Gasteiger partial charge in [0, 0.05) is 47.6 Å². The van der Waals surface area contributed by atoms with Gasteiger partial charge >= 0.3 is 0 Å².